The highest BCUT2D eigenvalue weighted by atomic mass is 35.5. The average molecular weight is 278 g/mol. The Bertz CT molecular complexity index is 456. The first-order valence-electron chi connectivity index (χ1n) is 6.35. The number of benzene rings is 2. The van der Waals surface area contributed by atoms with Crippen molar-refractivity contribution in [2.75, 3.05) is 6.54 Å². The molecule has 102 valence electrons. The Morgan fingerprint density at radius 2 is 1.58 bits per heavy atom. The maximum Gasteiger partial charge on any atom is 0.119 e. The highest BCUT2D eigenvalue weighted by molar-refractivity contribution is 5.85. The van der Waals surface area contributed by atoms with E-state index in [2.05, 4.69) is 36.5 Å². The predicted octanol–water partition coefficient (Wildman–Crippen LogP) is 3.80. The van der Waals surface area contributed by atoms with Gasteiger partial charge in [0.2, 0.25) is 0 Å². The van der Waals surface area contributed by atoms with Gasteiger partial charge in [-0.25, -0.2) is 0 Å². The van der Waals surface area contributed by atoms with Crippen molar-refractivity contribution in [3.63, 3.8) is 0 Å². The van der Waals surface area contributed by atoms with E-state index in [9.17, 15) is 0 Å². The standard InChI is InChI=1S/C16H19NO.ClH/c1-2-17-12-14-8-10-16(11-9-14)18-13-15-6-4-3-5-7-15;/h3-11,17H,2,12-13H2,1H3;1H. The molecule has 0 aliphatic carbocycles. The van der Waals surface area contributed by atoms with Gasteiger partial charge in [-0.2, -0.15) is 0 Å². The van der Waals surface area contributed by atoms with Crippen molar-refractivity contribution in [1.29, 1.82) is 0 Å². The second-order valence-corrected chi connectivity index (χ2v) is 4.20. The van der Waals surface area contributed by atoms with E-state index in [1.807, 2.05) is 30.3 Å². The van der Waals surface area contributed by atoms with Gasteiger partial charge in [-0.3, -0.25) is 0 Å². The summed E-state index contributed by atoms with van der Waals surface area (Å²) in [7, 11) is 0. The highest BCUT2D eigenvalue weighted by Crippen LogP contribution is 2.14. The van der Waals surface area contributed by atoms with Gasteiger partial charge in [-0.1, -0.05) is 49.4 Å². The van der Waals surface area contributed by atoms with Crippen LogP contribution >= 0.6 is 12.4 Å². The van der Waals surface area contributed by atoms with Crippen LogP contribution in [0, 0.1) is 0 Å². The Labute approximate surface area is 121 Å². The first-order chi connectivity index (χ1) is 8.88. The van der Waals surface area contributed by atoms with Crippen LogP contribution in [0.15, 0.2) is 54.6 Å². The van der Waals surface area contributed by atoms with Crippen LogP contribution in [0.25, 0.3) is 0 Å². The van der Waals surface area contributed by atoms with E-state index in [1.54, 1.807) is 0 Å². The zero-order valence-electron chi connectivity index (χ0n) is 11.1. The third-order valence-electron chi connectivity index (χ3n) is 2.75. The van der Waals surface area contributed by atoms with Gasteiger partial charge in [-0.05, 0) is 29.8 Å². The van der Waals surface area contributed by atoms with Crippen LogP contribution in [0.1, 0.15) is 18.1 Å². The molecule has 0 aromatic heterocycles. The third kappa shape index (κ3) is 5.33. The Balaban J connectivity index is 0.00000180. The van der Waals surface area contributed by atoms with E-state index in [-0.39, 0.29) is 12.4 Å². The molecule has 3 heteroatoms. The molecule has 0 amide bonds. The van der Waals surface area contributed by atoms with Gasteiger partial charge < -0.3 is 10.1 Å². The average Bonchev–Trinajstić information content (AvgIpc) is 2.45. The van der Waals surface area contributed by atoms with Crippen LogP contribution in [0.5, 0.6) is 5.75 Å². The van der Waals surface area contributed by atoms with Gasteiger partial charge in [0, 0.05) is 6.54 Å². The van der Waals surface area contributed by atoms with Crippen LogP contribution in [0.4, 0.5) is 0 Å². The molecular formula is C16H20ClNO. The summed E-state index contributed by atoms with van der Waals surface area (Å²) in [6, 6.07) is 18.5. The summed E-state index contributed by atoms with van der Waals surface area (Å²) < 4.78 is 5.73. The summed E-state index contributed by atoms with van der Waals surface area (Å²) in [5.74, 6) is 0.916. The summed E-state index contributed by atoms with van der Waals surface area (Å²) in [5, 5.41) is 3.30. The molecular weight excluding hydrogens is 258 g/mol. The zero-order valence-corrected chi connectivity index (χ0v) is 12.0. The molecule has 0 aliphatic rings. The fraction of sp³-hybridized carbons (Fsp3) is 0.250. The molecule has 1 N–H and O–H groups in total. The molecule has 0 heterocycles. The zero-order chi connectivity index (χ0) is 12.6. The lowest BCUT2D eigenvalue weighted by Gasteiger charge is -2.07. The quantitative estimate of drug-likeness (QED) is 0.867. The number of hydrogen-bond donors (Lipinski definition) is 1. The molecule has 0 bridgehead atoms. The second-order valence-electron chi connectivity index (χ2n) is 4.20. The summed E-state index contributed by atoms with van der Waals surface area (Å²) in [6.07, 6.45) is 0. The first-order valence-corrected chi connectivity index (χ1v) is 6.35. The van der Waals surface area contributed by atoms with Gasteiger partial charge in [0.1, 0.15) is 12.4 Å². The van der Waals surface area contributed by atoms with Gasteiger partial charge in [-0.15, -0.1) is 12.4 Å². The van der Waals surface area contributed by atoms with Crippen LogP contribution in [-0.4, -0.2) is 6.54 Å². The number of rotatable bonds is 6. The Morgan fingerprint density at radius 1 is 0.895 bits per heavy atom. The smallest absolute Gasteiger partial charge is 0.119 e. The van der Waals surface area contributed by atoms with Gasteiger partial charge in [0.25, 0.3) is 0 Å². The first kappa shape index (κ1) is 15.5. The van der Waals surface area contributed by atoms with E-state index in [0.717, 1.165) is 18.8 Å². The minimum Gasteiger partial charge on any atom is -0.489 e. The maximum atomic E-state index is 5.73. The Kier molecular flexibility index (Phi) is 7.01. The summed E-state index contributed by atoms with van der Waals surface area (Å²) in [6.45, 7) is 4.63. The molecule has 0 aliphatic heterocycles. The van der Waals surface area contributed by atoms with E-state index in [0.29, 0.717) is 6.61 Å². The van der Waals surface area contributed by atoms with Crippen LogP contribution in [0.3, 0.4) is 0 Å². The van der Waals surface area contributed by atoms with Crippen molar-refractivity contribution in [1.82, 2.24) is 5.32 Å². The molecule has 0 spiro atoms. The number of ether oxygens (including phenoxy) is 1. The van der Waals surface area contributed by atoms with Crippen molar-refractivity contribution >= 4 is 12.4 Å². The van der Waals surface area contributed by atoms with E-state index >= 15 is 0 Å². The molecule has 2 aromatic rings. The molecule has 0 fully saturated rings. The molecule has 0 radical (unpaired) electrons. The van der Waals surface area contributed by atoms with Crippen LogP contribution in [0.2, 0.25) is 0 Å². The Morgan fingerprint density at radius 3 is 2.21 bits per heavy atom. The monoisotopic (exact) mass is 277 g/mol. The SMILES string of the molecule is CCNCc1ccc(OCc2ccccc2)cc1.Cl. The molecule has 0 unspecified atom stereocenters. The molecule has 19 heavy (non-hydrogen) atoms. The lowest BCUT2D eigenvalue weighted by molar-refractivity contribution is 0.306. The molecule has 0 saturated heterocycles. The molecule has 2 aromatic carbocycles. The molecule has 0 atom stereocenters. The maximum absolute atomic E-state index is 5.73. The summed E-state index contributed by atoms with van der Waals surface area (Å²) in [4.78, 5) is 0. The van der Waals surface area contributed by atoms with E-state index < -0.39 is 0 Å². The van der Waals surface area contributed by atoms with Crippen molar-refractivity contribution in [2.24, 2.45) is 0 Å². The van der Waals surface area contributed by atoms with Crippen LogP contribution in [-0.2, 0) is 13.2 Å². The normalized spacial score (nSPS) is 9.74. The lowest BCUT2D eigenvalue weighted by atomic mass is 10.2. The Hall–Kier alpha value is -1.51. The van der Waals surface area contributed by atoms with Crippen LogP contribution < -0.4 is 10.1 Å². The van der Waals surface area contributed by atoms with Gasteiger partial charge in [0.15, 0.2) is 0 Å². The summed E-state index contributed by atoms with van der Waals surface area (Å²) >= 11 is 0. The minimum atomic E-state index is 0. The number of nitrogens with one attached hydrogen (secondary N) is 1. The highest BCUT2D eigenvalue weighted by Gasteiger charge is 1.96. The van der Waals surface area contributed by atoms with Crippen molar-refractivity contribution < 1.29 is 4.74 Å². The second kappa shape index (κ2) is 8.57. The van der Waals surface area contributed by atoms with E-state index in [1.165, 1.54) is 11.1 Å². The van der Waals surface area contributed by atoms with Crippen molar-refractivity contribution in [3.05, 3.63) is 65.7 Å². The topological polar surface area (TPSA) is 21.3 Å². The molecule has 2 nitrogen and oxygen atoms in total. The fourth-order valence-corrected chi connectivity index (χ4v) is 1.71. The number of halogens is 1. The third-order valence-corrected chi connectivity index (χ3v) is 2.75. The molecule has 0 saturated carbocycles. The minimum absolute atomic E-state index is 0. The fourth-order valence-electron chi connectivity index (χ4n) is 1.71. The predicted molar refractivity (Wildman–Crippen MR) is 81.8 cm³/mol. The van der Waals surface area contributed by atoms with E-state index in [4.69, 9.17) is 4.74 Å². The molecule has 2 rings (SSSR count). The number of hydrogen-bond acceptors (Lipinski definition) is 2. The summed E-state index contributed by atoms with van der Waals surface area (Å²) in [5.41, 5.74) is 2.47. The largest absolute Gasteiger partial charge is 0.489 e. The van der Waals surface area contributed by atoms with Crippen molar-refractivity contribution in [2.45, 2.75) is 20.1 Å². The van der Waals surface area contributed by atoms with Gasteiger partial charge >= 0.3 is 0 Å². The van der Waals surface area contributed by atoms with Crippen molar-refractivity contribution in [3.8, 4) is 5.75 Å². The van der Waals surface area contributed by atoms with Gasteiger partial charge in [0.05, 0.1) is 0 Å². The lowest BCUT2D eigenvalue weighted by Crippen LogP contribution is -2.11.